The Bertz CT molecular complexity index is 641. The molecule has 1 unspecified atom stereocenters. The Morgan fingerprint density at radius 2 is 1.54 bits per heavy atom. The molecule has 0 radical (unpaired) electrons. The molecular weight excluding hydrogens is 322 g/mol. The van der Waals surface area contributed by atoms with Gasteiger partial charge in [0.25, 0.3) is 0 Å². The molecule has 0 saturated carbocycles. The average molecular weight is 345 g/mol. The maximum absolute atomic E-state index is 12.2. The molecular formula is C19H23NO3S. The summed E-state index contributed by atoms with van der Waals surface area (Å²) in [6.07, 6.45) is 0.925. The molecule has 1 atom stereocenters. The third-order valence-electron chi connectivity index (χ3n) is 3.64. The maximum atomic E-state index is 12.2. The third kappa shape index (κ3) is 5.49. The van der Waals surface area contributed by atoms with Crippen LogP contribution in [0.3, 0.4) is 0 Å². The number of benzene rings is 2. The van der Waals surface area contributed by atoms with Crippen molar-refractivity contribution in [1.82, 2.24) is 0 Å². The van der Waals surface area contributed by atoms with Crippen LogP contribution in [0.15, 0.2) is 48.5 Å². The number of ether oxygens (including phenoxy) is 2. The summed E-state index contributed by atoms with van der Waals surface area (Å²) in [5.74, 6) is 2.54. The molecule has 4 nitrogen and oxygen atoms in total. The van der Waals surface area contributed by atoms with Gasteiger partial charge < -0.3 is 14.8 Å². The van der Waals surface area contributed by atoms with Crippen molar-refractivity contribution in [3.63, 3.8) is 0 Å². The minimum absolute atomic E-state index is 0.0138. The lowest BCUT2D eigenvalue weighted by Crippen LogP contribution is -2.22. The molecule has 0 spiro atoms. The summed E-state index contributed by atoms with van der Waals surface area (Å²) in [5, 5.41) is 2.82. The van der Waals surface area contributed by atoms with E-state index >= 15 is 0 Å². The van der Waals surface area contributed by atoms with Crippen molar-refractivity contribution < 1.29 is 14.3 Å². The first-order valence-corrected chi connectivity index (χ1v) is 8.86. The molecule has 0 bridgehead atoms. The second-order valence-electron chi connectivity index (χ2n) is 5.33. The van der Waals surface area contributed by atoms with E-state index in [4.69, 9.17) is 9.47 Å². The smallest absolute Gasteiger partial charge is 0.237 e. The SMILES string of the molecule is COc1ccc(CCSC(C)C(=O)Nc2ccc(OC)cc2)cc1. The van der Waals surface area contributed by atoms with E-state index in [-0.39, 0.29) is 11.2 Å². The molecule has 2 aromatic carbocycles. The summed E-state index contributed by atoms with van der Waals surface area (Å²) in [5.41, 5.74) is 2.02. The van der Waals surface area contributed by atoms with Crippen molar-refractivity contribution in [2.45, 2.75) is 18.6 Å². The first-order valence-electron chi connectivity index (χ1n) is 7.82. The Morgan fingerprint density at radius 3 is 2.08 bits per heavy atom. The highest BCUT2D eigenvalue weighted by molar-refractivity contribution is 8.00. The number of hydrogen-bond acceptors (Lipinski definition) is 4. The van der Waals surface area contributed by atoms with Crippen molar-refractivity contribution >= 4 is 23.4 Å². The zero-order chi connectivity index (χ0) is 17.4. The van der Waals surface area contributed by atoms with Crippen molar-refractivity contribution in [2.24, 2.45) is 0 Å². The summed E-state index contributed by atoms with van der Waals surface area (Å²) in [6, 6.07) is 15.4. The number of amides is 1. The van der Waals surface area contributed by atoms with E-state index in [2.05, 4.69) is 17.4 Å². The predicted octanol–water partition coefficient (Wildman–Crippen LogP) is 4.01. The molecule has 2 aromatic rings. The number of methoxy groups -OCH3 is 2. The van der Waals surface area contributed by atoms with Crippen LogP contribution in [0.5, 0.6) is 11.5 Å². The fraction of sp³-hybridized carbons (Fsp3) is 0.316. The van der Waals surface area contributed by atoms with Gasteiger partial charge in [-0.3, -0.25) is 4.79 Å². The van der Waals surface area contributed by atoms with Gasteiger partial charge in [-0.1, -0.05) is 12.1 Å². The largest absolute Gasteiger partial charge is 0.497 e. The molecule has 0 aliphatic heterocycles. The number of carbonyl (C=O) groups is 1. The average Bonchev–Trinajstić information content (AvgIpc) is 2.62. The molecule has 128 valence electrons. The van der Waals surface area contributed by atoms with Crippen LogP contribution in [0.4, 0.5) is 5.69 Å². The van der Waals surface area contributed by atoms with E-state index in [1.54, 1.807) is 26.0 Å². The highest BCUT2D eigenvalue weighted by atomic mass is 32.2. The molecule has 0 aliphatic carbocycles. The van der Waals surface area contributed by atoms with Crippen molar-refractivity contribution in [3.05, 3.63) is 54.1 Å². The van der Waals surface area contributed by atoms with Gasteiger partial charge in [0.15, 0.2) is 0 Å². The third-order valence-corrected chi connectivity index (χ3v) is 4.80. The van der Waals surface area contributed by atoms with Crippen LogP contribution in [-0.2, 0) is 11.2 Å². The maximum Gasteiger partial charge on any atom is 0.237 e. The molecule has 2 rings (SSSR count). The number of anilines is 1. The fourth-order valence-electron chi connectivity index (χ4n) is 2.14. The molecule has 5 heteroatoms. The lowest BCUT2D eigenvalue weighted by molar-refractivity contribution is -0.115. The second-order valence-corrected chi connectivity index (χ2v) is 6.78. The zero-order valence-electron chi connectivity index (χ0n) is 14.2. The second kappa shape index (κ2) is 9.23. The van der Waals surface area contributed by atoms with E-state index in [1.165, 1.54) is 5.56 Å². The Labute approximate surface area is 147 Å². The van der Waals surface area contributed by atoms with Crippen molar-refractivity contribution in [1.29, 1.82) is 0 Å². The molecule has 0 fully saturated rings. The highest BCUT2D eigenvalue weighted by Gasteiger charge is 2.13. The lowest BCUT2D eigenvalue weighted by Gasteiger charge is -2.12. The molecule has 0 aliphatic rings. The standard InChI is InChI=1S/C19H23NO3S/c1-14(19(21)20-16-6-10-18(23-3)11-7-16)24-13-12-15-4-8-17(22-2)9-5-15/h4-11,14H,12-13H2,1-3H3,(H,20,21). The van der Waals surface area contributed by atoms with Crippen LogP contribution >= 0.6 is 11.8 Å². The van der Waals surface area contributed by atoms with Crippen molar-refractivity contribution in [3.8, 4) is 11.5 Å². The van der Waals surface area contributed by atoms with Gasteiger partial charge in [0.05, 0.1) is 19.5 Å². The Balaban J connectivity index is 1.76. The van der Waals surface area contributed by atoms with Gasteiger partial charge in [0.2, 0.25) is 5.91 Å². The number of nitrogens with one attached hydrogen (secondary N) is 1. The number of rotatable bonds is 8. The molecule has 0 aromatic heterocycles. The highest BCUT2D eigenvalue weighted by Crippen LogP contribution is 2.19. The van der Waals surface area contributed by atoms with Crippen LogP contribution in [0.2, 0.25) is 0 Å². The monoisotopic (exact) mass is 345 g/mol. The summed E-state index contributed by atoms with van der Waals surface area (Å²) in [7, 11) is 3.28. The van der Waals surface area contributed by atoms with Crippen LogP contribution in [0.1, 0.15) is 12.5 Å². The van der Waals surface area contributed by atoms with Gasteiger partial charge >= 0.3 is 0 Å². The Hall–Kier alpha value is -2.14. The van der Waals surface area contributed by atoms with Gasteiger partial charge in [-0.05, 0) is 61.1 Å². The summed E-state index contributed by atoms with van der Waals surface area (Å²) >= 11 is 1.65. The topological polar surface area (TPSA) is 47.6 Å². The molecule has 24 heavy (non-hydrogen) atoms. The number of carbonyl (C=O) groups excluding carboxylic acids is 1. The van der Waals surface area contributed by atoms with E-state index < -0.39 is 0 Å². The number of thioether (sulfide) groups is 1. The minimum atomic E-state index is -0.106. The first-order chi connectivity index (χ1) is 11.6. The van der Waals surface area contributed by atoms with Crippen LogP contribution in [-0.4, -0.2) is 31.1 Å². The first kappa shape index (κ1) is 18.2. The minimum Gasteiger partial charge on any atom is -0.497 e. The Kier molecular flexibility index (Phi) is 7.00. The van der Waals surface area contributed by atoms with Crippen molar-refractivity contribution in [2.75, 3.05) is 25.3 Å². The number of hydrogen-bond donors (Lipinski definition) is 1. The van der Waals surface area contributed by atoms with Gasteiger partial charge in [-0.15, -0.1) is 11.8 Å². The predicted molar refractivity (Wildman–Crippen MR) is 100 cm³/mol. The molecule has 0 heterocycles. The van der Waals surface area contributed by atoms with Crippen LogP contribution in [0.25, 0.3) is 0 Å². The van der Waals surface area contributed by atoms with Crippen LogP contribution < -0.4 is 14.8 Å². The van der Waals surface area contributed by atoms with E-state index in [0.29, 0.717) is 0 Å². The molecule has 1 amide bonds. The zero-order valence-corrected chi connectivity index (χ0v) is 15.1. The fourth-order valence-corrected chi connectivity index (χ4v) is 3.06. The quantitative estimate of drug-likeness (QED) is 0.785. The van der Waals surface area contributed by atoms with Gasteiger partial charge in [-0.25, -0.2) is 0 Å². The van der Waals surface area contributed by atoms with E-state index in [9.17, 15) is 4.79 Å². The van der Waals surface area contributed by atoms with Crippen LogP contribution in [0, 0.1) is 0 Å². The number of aryl methyl sites for hydroxylation is 1. The summed E-state index contributed by atoms with van der Waals surface area (Å²) in [4.78, 5) is 12.2. The van der Waals surface area contributed by atoms with Gasteiger partial charge in [0.1, 0.15) is 11.5 Å². The molecule has 1 N–H and O–H groups in total. The summed E-state index contributed by atoms with van der Waals surface area (Å²) in [6.45, 7) is 1.93. The lowest BCUT2D eigenvalue weighted by atomic mass is 10.2. The van der Waals surface area contributed by atoms with E-state index in [1.807, 2.05) is 43.3 Å². The van der Waals surface area contributed by atoms with Gasteiger partial charge in [0, 0.05) is 5.69 Å². The molecule has 0 saturated heterocycles. The summed E-state index contributed by atoms with van der Waals surface area (Å²) < 4.78 is 10.3. The normalized spacial score (nSPS) is 11.6. The van der Waals surface area contributed by atoms with Gasteiger partial charge in [-0.2, -0.15) is 0 Å². The van der Waals surface area contributed by atoms with E-state index in [0.717, 1.165) is 29.4 Å². The Morgan fingerprint density at radius 1 is 1.00 bits per heavy atom.